The number of hydrogen-bond donors (Lipinski definition) is 1. The smallest absolute Gasteiger partial charge is 0.163 e. The number of nitrogens with zero attached hydrogens (tertiary/aromatic N) is 2. The number of ether oxygens (including phenoxy) is 1. The highest BCUT2D eigenvalue weighted by Gasteiger charge is 2.38. The van der Waals surface area contributed by atoms with Gasteiger partial charge in [-0.15, -0.1) is 0 Å². The Hall–Kier alpha value is -1.93. The Morgan fingerprint density at radius 1 is 1.31 bits per heavy atom. The molecule has 3 atom stereocenters. The van der Waals surface area contributed by atoms with Crippen molar-refractivity contribution in [2.45, 2.75) is 45.2 Å². The predicted molar refractivity (Wildman–Crippen MR) is 112 cm³/mol. The van der Waals surface area contributed by atoms with Crippen molar-refractivity contribution in [1.82, 2.24) is 9.78 Å². The number of hydrogen-bond acceptors (Lipinski definition) is 5. The van der Waals surface area contributed by atoms with Crippen LogP contribution in [0.3, 0.4) is 0 Å². The summed E-state index contributed by atoms with van der Waals surface area (Å²) in [5.74, 6) is 0.499. The first kappa shape index (κ1) is 21.8. The van der Waals surface area contributed by atoms with Crippen LogP contribution >= 0.6 is 0 Å². The van der Waals surface area contributed by atoms with Gasteiger partial charge in [-0.2, -0.15) is 5.10 Å². The molecule has 2 N–H and O–H groups in total. The standard InChI is InChI=1S/C21H30FN3O3S/c1-16-12-24-25(13-16)19-3-5-20(6-4-19)28-14-18-11-21(2,22)9-7-17(18)8-10-29(26,27)15-23/h3-6,12-13,17-18H,7-11,14-15,23H2,1-2H3. The van der Waals surface area contributed by atoms with E-state index in [1.165, 1.54) is 0 Å². The van der Waals surface area contributed by atoms with E-state index in [4.69, 9.17) is 10.5 Å². The minimum atomic E-state index is -3.23. The molecule has 0 saturated heterocycles. The van der Waals surface area contributed by atoms with Gasteiger partial charge in [0.15, 0.2) is 9.84 Å². The highest BCUT2D eigenvalue weighted by molar-refractivity contribution is 7.91. The predicted octanol–water partition coefficient (Wildman–Crippen LogP) is 3.43. The van der Waals surface area contributed by atoms with E-state index in [2.05, 4.69) is 5.10 Å². The van der Waals surface area contributed by atoms with E-state index >= 15 is 0 Å². The van der Waals surface area contributed by atoms with Crippen molar-refractivity contribution in [3.05, 3.63) is 42.2 Å². The Morgan fingerprint density at radius 3 is 2.66 bits per heavy atom. The Labute approximate surface area is 172 Å². The van der Waals surface area contributed by atoms with Crippen LogP contribution in [0.4, 0.5) is 4.39 Å². The molecule has 1 saturated carbocycles. The Morgan fingerprint density at radius 2 is 2.03 bits per heavy atom. The van der Waals surface area contributed by atoms with Gasteiger partial charge in [0.2, 0.25) is 0 Å². The summed E-state index contributed by atoms with van der Waals surface area (Å²) in [5, 5.41) is 4.28. The van der Waals surface area contributed by atoms with Crippen molar-refractivity contribution >= 4 is 9.84 Å². The van der Waals surface area contributed by atoms with Gasteiger partial charge in [0, 0.05) is 6.20 Å². The van der Waals surface area contributed by atoms with Crippen LogP contribution in [0.15, 0.2) is 36.7 Å². The highest BCUT2D eigenvalue weighted by atomic mass is 32.2. The lowest BCUT2D eigenvalue weighted by atomic mass is 9.72. The summed E-state index contributed by atoms with van der Waals surface area (Å²) in [6.45, 7) is 3.97. The third kappa shape index (κ3) is 6.02. The molecular formula is C21H30FN3O3S. The van der Waals surface area contributed by atoms with Crippen LogP contribution in [0.25, 0.3) is 5.69 Å². The van der Waals surface area contributed by atoms with E-state index in [1.54, 1.807) is 17.8 Å². The summed E-state index contributed by atoms with van der Waals surface area (Å²) in [4.78, 5) is 0. The molecule has 0 spiro atoms. The molecule has 0 aliphatic heterocycles. The molecule has 1 aromatic carbocycles. The van der Waals surface area contributed by atoms with E-state index in [0.29, 0.717) is 38.0 Å². The van der Waals surface area contributed by atoms with Crippen molar-refractivity contribution in [2.75, 3.05) is 18.2 Å². The fourth-order valence-corrected chi connectivity index (χ4v) is 4.81. The van der Waals surface area contributed by atoms with E-state index in [1.807, 2.05) is 37.4 Å². The van der Waals surface area contributed by atoms with Crippen molar-refractivity contribution in [3.63, 3.8) is 0 Å². The second-order valence-corrected chi connectivity index (χ2v) is 10.6. The Kier molecular flexibility index (Phi) is 6.63. The summed E-state index contributed by atoms with van der Waals surface area (Å²) < 4.78 is 45.9. The maximum Gasteiger partial charge on any atom is 0.163 e. The number of halogens is 1. The van der Waals surface area contributed by atoms with Crippen LogP contribution in [0.5, 0.6) is 5.75 Å². The molecule has 8 heteroatoms. The zero-order chi connectivity index (χ0) is 21.1. The van der Waals surface area contributed by atoms with Gasteiger partial charge in [0.1, 0.15) is 11.4 Å². The molecule has 2 aromatic rings. The lowest BCUT2D eigenvalue weighted by Crippen LogP contribution is -2.37. The Balaban J connectivity index is 1.62. The lowest BCUT2D eigenvalue weighted by Gasteiger charge is -2.38. The summed E-state index contributed by atoms with van der Waals surface area (Å²) in [7, 11) is -3.23. The molecule has 1 fully saturated rings. The second kappa shape index (κ2) is 8.83. The first-order chi connectivity index (χ1) is 13.7. The first-order valence-electron chi connectivity index (χ1n) is 10.0. The van der Waals surface area contributed by atoms with E-state index in [0.717, 1.165) is 11.3 Å². The lowest BCUT2D eigenvalue weighted by molar-refractivity contribution is 0.0338. The molecule has 3 unspecified atom stereocenters. The average molecular weight is 424 g/mol. The zero-order valence-corrected chi connectivity index (χ0v) is 17.9. The van der Waals surface area contributed by atoms with Crippen LogP contribution in [-0.4, -0.2) is 42.1 Å². The van der Waals surface area contributed by atoms with Gasteiger partial charge in [-0.3, -0.25) is 0 Å². The van der Waals surface area contributed by atoms with Gasteiger partial charge < -0.3 is 10.5 Å². The summed E-state index contributed by atoms with van der Waals surface area (Å²) in [6, 6.07) is 7.59. The molecule has 1 heterocycles. The number of benzene rings is 1. The maximum atomic E-state index is 14.6. The number of aryl methyl sites for hydroxylation is 1. The number of sulfone groups is 1. The fraction of sp³-hybridized carbons (Fsp3) is 0.571. The van der Waals surface area contributed by atoms with Gasteiger partial charge in [-0.1, -0.05) is 0 Å². The monoisotopic (exact) mass is 423 g/mol. The van der Waals surface area contributed by atoms with Crippen LogP contribution in [0, 0.1) is 18.8 Å². The third-order valence-electron chi connectivity index (χ3n) is 5.72. The van der Waals surface area contributed by atoms with Crippen LogP contribution in [0.2, 0.25) is 0 Å². The molecule has 29 heavy (non-hydrogen) atoms. The molecule has 1 aromatic heterocycles. The average Bonchev–Trinajstić information content (AvgIpc) is 3.12. The fourth-order valence-electron chi connectivity index (χ4n) is 3.98. The van der Waals surface area contributed by atoms with Gasteiger partial charge in [0.05, 0.1) is 30.1 Å². The molecular weight excluding hydrogens is 393 g/mol. The normalized spacial score (nSPS) is 25.1. The molecule has 0 radical (unpaired) electrons. The van der Waals surface area contributed by atoms with Crippen molar-refractivity contribution < 1.29 is 17.5 Å². The molecule has 1 aliphatic carbocycles. The molecule has 1 aliphatic rings. The highest BCUT2D eigenvalue weighted by Crippen LogP contribution is 2.40. The van der Waals surface area contributed by atoms with Crippen LogP contribution in [0.1, 0.15) is 38.2 Å². The zero-order valence-electron chi connectivity index (χ0n) is 17.1. The minimum Gasteiger partial charge on any atom is -0.493 e. The van der Waals surface area contributed by atoms with Crippen LogP contribution in [-0.2, 0) is 9.84 Å². The largest absolute Gasteiger partial charge is 0.493 e. The van der Waals surface area contributed by atoms with Crippen molar-refractivity contribution in [1.29, 1.82) is 0 Å². The van der Waals surface area contributed by atoms with Gasteiger partial charge in [0.25, 0.3) is 0 Å². The summed E-state index contributed by atoms with van der Waals surface area (Å²) in [6.07, 6.45) is 5.74. The van der Waals surface area contributed by atoms with Crippen LogP contribution < -0.4 is 10.5 Å². The minimum absolute atomic E-state index is 0.0276. The van der Waals surface area contributed by atoms with Gasteiger partial charge in [-0.25, -0.2) is 17.5 Å². The van der Waals surface area contributed by atoms with E-state index in [-0.39, 0.29) is 23.5 Å². The van der Waals surface area contributed by atoms with E-state index < -0.39 is 15.5 Å². The van der Waals surface area contributed by atoms with Crippen molar-refractivity contribution in [3.8, 4) is 11.4 Å². The maximum absolute atomic E-state index is 14.6. The van der Waals surface area contributed by atoms with Gasteiger partial charge in [-0.05, 0) is 81.2 Å². The SMILES string of the molecule is Cc1cnn(-c2ccc(OCC3CC(C)(F)CCC3CCS(=O)(=O)CN)cc2)c1. The molecule has 160 valence electrons. The quantitative estimate of drug-likeness (QED) is 0.703. The molecule has 0 amide bonds. The topological polar surface area (TPSA) is 87.2 Å². The summed E-state index contributed by atoms with van der Waals surface area (Å²) in [5.41, 5.74) is 6.09. The van der Waals surface area contributed by atoms with E-state index in [9.17, 15) is 12.8 Å². The number of nitrogens with two attached hydrogens (primary N) is 1. The molecule has 0 bridgehead atoms. The number of rotatable bonds is 8. The van der Waals surface area contributed by atoms with Gasteiger partial charge >= 0.3 is 0 Å². The molecule has 6 nitrogen and oxygen atoms in total. The molecule has 3 rings (SSSR count). The summed E-state index contributed by atoms with van der Waals surface area (Å²) >= 11 is 0. The second-order valence-electron chi connectivity index (χ2n) is 8.35. The van der Waals surface area contributed by atoms with Crippen molar-refractivity contribution in [2.24, 2.45) is 17.6 Å². The third-order valence-corrected chi connectivity index (χ3v) is 7.09. The first-order valence-corrected chi connectivity index (χ1v) is 11.8. The Bertz CT molecular complexity index is 910. The number of alkyl halides is 1. The number of aromatic nitrogens is 2.